The molecule has 1 aliphatic heterocycles. The molecule has 2 aliphatic rings. The molecule has 0 radical (unpaired) electrons. The number of aliphatic imine (C=N–C) groups is 1. The fourth-order valence-electron chi connectivity index (χ4n) is 2.43. The maximum Gasteiger partial charge on any atom is 0.334 e. The molecule has 1 aliphatic carbocycles. The maximum atomic E-state index is 11.7. The lowest BCUT2D eigenvalue weighted by molar-refractivity contribution is -0.136. The van der Waals surface area contributed by atoms with Gasteiger partial charge < -0.3 is 4.74 Å². The van der Waals surface area contributed by atoms with Gasteiger partial charge in [-0.25, -0.2) is 9.79 Å². The number of nitrogens with zero attached hydrogens (tertiary/aromatic N) is 2. The number of allylic oxidation sites excluding steroid dienone is 4. The van der Waals surface area contributed by atoms with E-state index in [1.807, 2.05) is 13.0 Å². The number of pyridine rings is 1. The summed E-state index contributed by atoms with van der Waals surface area (Å²) in [6, 6.07) is 0. The Labute approximate surface area is 141 Å². The molecule has 112 valence electrons. The molecule has 1 aromatic rings. The molecule has 0 spiro atoms. The summed E-state index contributed by atoms with van der Waals surface area (Å²) < 4.78 is 5.69. The Hall–Kier alpha value is -1.72. The van der Waals surface area contributed by atoms with E-state index >= 15 is 0 Å². The quantitative estimate of drug-likeness (QED) is 0.734. The van der Waals surface area contributed by atoms with Crippen LogP contribution in [0.4, 0.5) is 0 Å². The van der Waals surface area contributed by atoms with Crippen molar-refractivity contribution in [3.8, 4) is 0 Å². The summed E-state index contributed by atoms with van der Waals surface area (Å²) in [7, 11) is 1.36. The van der Waals surface area contributed by atoms with Gasteiger partial charge in [0, 0.05) is 34.4 Å². The molecule has 3 rings (SSSR count). The SMILES string of the molecule is COC(=O)C1=CC(Cl)=C2N=C(c3cncc(Br)c3C)C=C2C1. The lowest BCUT2D eigenvalue weighted by Gasteiger charge is -2.13. The molecule has 0 bridgehead atoms. The van der Waals surface area contributed by atoms with Crippen LogP contribution in [0.25, 0.3) is 0 Å². The zero-order valence-electron chi connectivity index (χ0n) is 12.0. The van der Waals surface area contributed by atoms with Crippen LogP contribution in [0.3, 0.4) is 0 Å². The van der Waals surface area contributed by atoms with Gasteiger partial charge in [-0.1, -0.05) is 11.6 Å². The van der Waals surface area contributed by atoms with Crippen LogP contribution >= 0.6 is 27.5 Å². The molecule has 0 atom stereocenters. The molecule has 1 aromatic heterocycles. The summed E-state index contributed by atoms with van der Waals surface area (Å²) in [5.74, 6) is -0.369. The van der Waals surface area contributed by atoms with Gasteiger partial charge in [-0.05, 0) is 46.1 Å². The first-order valence-electron chi connectivity index (χ1n) is 6.60. The van der Waals surface area contributed by atoms with Crippen LogP contribution in [0.1, 0.15) is 17.5 Å². The van der Waals surface area contributed by atoms with Gasteiger partial charge in [-0.3, -0.25) is 4.98 Å². The predicted molar refractivity (Wildman–Crippen MR) is 88.9 cm³/mol. The standard InChI is InChI=1S/C16H12BrClN2O2/c1-8-11(6-19-7-12(8)17)14-5-9-3-10(16(21)22-2)4-13(18)15(9)20-14/h4-7H,3H2,1-2H3. The fraction of sp³-hybridized carbons (Fsp3) is 0.188. The molecule has 0 amide bonds. The van der Waals surface area contributed by atoms with E-state index in [0.717, 1.165) is 26.9 Å². The number of esters is 1. The van der Waals surface area contributed by atoms with Crippen LogP contribution in [0.15, 0.2) is 55.9 Å². The molecule has 0 fully saturated rings. The van der Waals surface area contributed by atoms with Gasteiger partial charge in [0.2, 0.25) is 0 Å². The smallest absolute Gasteiger partial charge is 0.334 e. The topological polar surface area (TPSA) is 51.5 Å². The molecule has 6 heteroatoms. The first kappa shape index (κ1) is 15.2. The molecule has 4 nitrogen and oxygen atoms in total. The number of halogens is 2. The summed E-state index contributed by atoms with van der Waals surface area (Å²) in [5.41, 5.74) is 4.96. The molecule has 2 heterocycles. The first-order valence-corrected chi connectivity index (χ1v) is 7.77. The number of rotatable bonds is 2. The van der Waals surface area contributed by atoms with E-state index in [0.29, 0.717) is 22.7 Å². The number of hydrogen-bond donors (Lipinski definition) is 0. The van der Waals surface area contributed by atoms with E-state index in [1.165, 1.54) is 7.11 Å². The summed E-state index contributed by atoms with van der Waals surface area (Å²) in [6.07, 6.45) is 7.56. The second-order valence-electron chi connectivity index (χ2n) is 4.99. The molecule has 0 saturated carbocycles. The van der Waals surface area contributed by atoms with Crippen molar-refractivity contribution < 1.29 is 9.53 Å². The Kier molecular flexibility index (Phi) is 4.02. The first-order chi connectivity index (χ1) is 10.5. The molecule has 0 unspecified atom stereocenters. The molecule has 0 N–H and O–H groups in total. The zero-order valence-corrected chi connectivity index (χ0v) is 14.3. The Balaban J connectivity index is 2.02. The van der Waals surface area contributed by atoms with Crippen molar-refractivity contribution in [2.75, 3.05) is 7.11 Å². The van der Waals surface area contributed by atoms with Crippen molar-refractivity contribution in [1.29, 1.82) is 0 Å². The maximum absolute atomic E-state index is 11.7. The number of methoxy groups -OCH3 is 1. The highest BCUT2D eigenvalue weighted by Gasteiger charge is 2.26. The lowest BCUT2D eigenvalue weighted by Crippen LogP contribution is -2.09. The minimum Gasteiger partial charge on any atom is -0.466 e. The number of fused-ring (bicyclic) bond motifs is 1. The van der Waals surface area contributed by atoms with Gasteiger partial charge >= 0.3 is 5.97 Å². The monoisotopic (exact) mass is 378 g/mol. The third-order valence-corrected chi connectivity index (χ3v) is 4.72. The summed E-state index contributed by atoms with van der Waals surface area (Å²) in [5, 5.41) is 0.452. The Morgan fingerprint density at radius 2 is 2.14 bits per heavy atom. The van der Waals surface area contributed by atoms with Crippen molar-refractivity contribution in [3.63, 3.8) is 0 Å². The van der Waals surface area contributed by atoms with Crippen molar-refractivity contribution in [1.82, 2.24) is 4.98 Å². The van der Waals surface area contributed by atoms with Gasteiger partial charge in [0.15, 0.2) is 0 Å². The number of ether oxygens (including phenoxy) is 1. The summed E-state index contributed by atoms with van der Waals surface area (Å²) in [4.78, 5) is 20.5. The Morgan fingerprint density at radius 1 is 1.36 bits per heavy atom. The minimum absolute atomic E-state index is 0.369. The molecule has 0 saturated heterocycles. The van der Waals surface area contributed by atoms with Gasteiger partial charge in [0.1, 0.15) is 0 Å². The van der Waals surface area contributed by atoms with Crippen LogP contribution < -0.4 is 0 Å². The Bertz CT molecular complexity index is 806. The molecular formula is C16H12BrClN2O2. The van der Waals surface area contributed by atoms with Gasteiger partial charge in [0.25, 0.3) is 0 Å². The highest BCUT2D eigenvalue weighted by atomic mass is 79.9. The average molecular weight is 380 g/mol. The van der Waals surface area contributed by atoms with Gasteiger partial charge in [-0.15, -0.1) is 0 Å². The highest BCUT2D eigenvalue weighted by molar-refractivity contribution is 9.10. The molecule has 22 heavy (non-hydrogen) atoms. The van der Waals surface area contributed by atoms with Gasteiger partial charge in [-0.2, -0.15) is 0 Å². The van der Waals surface area contributed by atoms with Crippen molar-refractivity contribution in [2.24, 2.45) is 4.99 Å². The van der Waals surface area contributed by atoms with E-state index in [4.69, 9.17) is 16.3 Å². The fourth-order valence-corrected chi connectivity index (χ4v) is 3.06. The lowest BCUT2D eigenvalue weighted by atomic mass is 9.97. The van der Waals surface area contributed by atoms with Crippen LogP contribution in [0.2, 0.25) is 0 Å². The largest absolute Gasteiger partial charge is 0.466 e. The van der Waals surface area contributed by atoms with E-state index in [-0.39, 0.29) is 5.97 Å². The minimum atomic E-state index is -0.369. The van der Waals surface area contributed by atoms with E-state index in [9.17, 15) is 4.79 Å². The zero-order chi connectivity index (χ0) is 15.9. The molecular weight excluding hydrogens is 368 g/mol. The average Bonchev–Trinajstić information content (AvgIpc) is 2.93. The van der Waals surface area contributed by atoms with Crippen molar-refractivity contribution in [2.45, 2.75) is 13.3 Å². The second-order valence-corrected chi connectivity index (χ2v) is 6.26. The summed E-state index contributed by atoms with van der Waals surface area (Å²) >= 11 is 9.73. The van der Waals surface area contributed by atoms with E-state index in [2.05, 4.69) is 25.9 Å². The highest BCUT2D eigenvalue weighted by Crippen LogP contribution is 2.37. The number of carbonyl (C=O) groups excluding carboxylic acids is 1. The van der Waals surface area contributed by atoms with Crippen molar-refractivity contribution in [3.05, 3.63) is 62.0 Å². The van der Waals surface area contributed by atoms with Crippen LogP contribution in [-0.2, 0) is 9.53 Å². The number of aromatic nitrogens is 1. The van der Waals surface area contributed by atoms with E-state index < -0.39 is 0 Å². The second kappa shape index (κ2) is 5.82. The number of hydrogen-bond acceptors (Lipinski definition) is 4. The predicted octanol–water partition coefficient (Wildman–Crippen LogP) is 3.84. The third kappa shape index (κ3) is 2.55. The summed E-state index contributed by atoms with van der Waals surface area (Å²) in [6.45, 7) is 2.00. The van der Waals surface area contributed by atoms with Gasteiger partial charge in [0.05, 0.1) is 23.6 Å². The normalized spacial score (nSPS) is 16.8. The van der Waals surface area contributed by atoms with Crippen molar-refractivity contribution >= 4 is 39.2 Å². The van der Waals surface area contributed by atoms with Crippen LogP contribution in [0.5, 0.6) is 0 Å². The molecule has 0 aromatic carbocycles. The van der Waals surface area contributed by atoms with Crippen LogP contribution in [-0.4, -0.2) is 23.8 Å². The van der Waals surface area contributed by atoms with E-state index in [1.54, 1.807) is 18.5 Å². The third-order valence-electron chi connectivity index (χ3n) is 3.63. The Morgan fingerprint density at radius 3 is 2.86 bits per heavy atom. The number of carbonyl (C=O) groups is 1. The van der Waals surface area contributed by atoms with Crippen LogP contribution in [0, 0.1) is 6.92 Å².